The second-order valence-electron chi connectivity index (χ2n) is 7.30. The van der Waals surface area contributed by atoms with Crippen molar-refractivity contribution in [1.29, 1.82) is 0 Å². The van der Waals surface area contributed by atoms with Gasteiger partial charge in [0.15, 0.2) is 5.69 Å². The van der Waals surface area contributed by atoms with Gasteiger partial charge < -0.3 is 0 Å². The van der Waals surface area contributed by atoms with E-state index in [1.54, 1.807) is 30.5 Å². The van der Waals surface area contributed by atoms with Gasteiger partial charge in [-0.1, -0.05) is 74.4 Å². The Kier molecular flexibility index (Phi) is 7.87. The van der Waals surface area contributed by atoms with Gasteiger partial charge in [-0.3, -0.25) is 9.59 Å². The second kappa shape index (κ2) is 11.0. The molecule has 0 atom stereocenters. The number of hydrogen-bond acceptors (Lipinski definition) is 4. The molecule has 2 aromatic carbocycles. The maximum Gasteiger partial charge on any atom is 0.292 e. The summed E-state index contributed by atoms with van der Waals surface area (Å²) in [6, 6.07) is 17.0. The molecule has 0 saturated heterocycles. The van der Waals surface area contributed by atoms with E-state index in [1.807, 2.05) is 37.3 Å². The van der Waals surface area contributed by atoms with Crippen LogP contribution in [0.25, 0.3) is 16.8 Å². The molecule has 1 aromatic heterocycles. The highest BCUT2D eigenvalue weighted by Crippen LogP contribution is 2.14. The van der Waals surface area contributed by atoms with Gasteiger partial charge in [-0.15, -0.1) is 0 Å². The van der Waals surface area contributed by atoms with Crippen molar-refractivity contribution in [1.82, 2.24) is 15.2 Å². The summed E-state index contributed by atoms with van der Waals surface area (Å²) in [7, 11) is 0. The summed E-state index contributed by atoms with van der Waals surface area (Å²) in [5.74, 6) is -0.442. The van der Waals surface area contributed by atoms with Gasteiger partial charge in [0, 0.05) is 11.9 Å². The number of aryl methyl sites for hydroxylation is 1. The standard InChI is InChI=1S/C25H28N4O2/c1-3-5-7-14-20(17-19-12-8-6-9-13-19)18-26-27-24(30)23-21-15-10-11-16-22(21)25(31)29(4-2)28-23/h6,8-13,15-18H,3-5,7,14H2,1-2H3,(H,27,30)/b20-17+,26-18+. The number of amides is 1. The minimum Gasteiger partial charge on any atom is -0.267 e. The van der Waals surface area contributed by atoms with E-state index >= 15 is 0 Å². The molecule has 3 aromatic rings. The number of rotatable bonds is 9. The van der Waals surface area contributed by atoms with Crippen molar-refractivity contribution >= 4 is 29.0 Å². The molecule has 1 heterocycles. The van der Waals surface area contributed by atoms with Crippen molar-refractivity contribution in [2.24, 2.45) is 5.10 Å². The highest BCUT2D eigenvalue weighted by atomic mass is 16.2. The first kappa shape index (κ1) is 22.2. The highest BCUT2D eigenvalue weighted by molar-refractivity contribution is 6.05. The Bertz CT molecular complexity index is 1150. The van der Waals surface area contributed by atoms with Gasteiger partial charge in [0.25, 0.3) is 11.5 Å². The molecule has 0 fully saturated rings. The van der Waals surface area contributed by atoms with Crippen molar-refractivity contribution in [3.8, 4) is 0 Å². The van der Waals surface area contributed by atoms with Gasteiger partial charge in [0.2, 0.25) is 0 Å². The molecule has 0 saturated carbocycles. The first-order valence-electron chi connectivity index (χ1n) is 10.7. The lowest BCUT2D eigenvalue weighted by molar-refractivity contribution is 0.0949. The molecule has 0 radical (unpaired) electrons. The lowest BCUT2D eigenvalue weighted by Gasteiger charge is -2.08. The summed E-state index contributed by atoms with van der Waals surface area (Å²) >= 11 is 0. The van der Waals surface area contributed by atoms with Crippen LogP contribution in [0, 0.1) is 0 Å². The molecule has 31 heavy (non-hydrogen) atoms. The molecular weight excluding hydrogens is 388 g/mol. The Morgan fingerprint density at radius 1 is 1.03 bits per heavy atom. The molecule has 0 unspecified atom stereocenters. The molecule has 3 rings (SSSR count). The van der Waals surface area contributed by atoms with Crippen LogP contribution in [0.5, 0.6) is 0 Å². The van der Waals surface area contributed by atoms with E-state index in [1.165, 1.54) is 4.68 Å². The van der Waals surface area contributed by atoms with Crippen LogP contribution in [-0.4, -0.2) is 21.9 Å². The third kappa shape index (κ3) is 5.75. The minimum absolute atomic E-state index is 0.189. The summed E-state index contributed by atoms with van der Waals surface area (Å²) in [4.78, 5) is 25.3. The van der Waals surface area contributed by atoms with Crippen LogP contribution in [0.2, 0.25) is 0 Å². The van der Waals surface area contributed by atoms with Crippen molar-refractivity contribution in [3.05, 3.63) is 81.8 Å². The first-order chi connectivity index (χ1) is 15.1. The average molecular weight is 417 g/mol. The smallest absolute Gasteiger partial charge is 0.267 e. The van der Waals surface area contributed by atoms with E-state index in [4.69, 9.17) is 0 Å². The van der Waals surface area contributed by atoms with Crippen molar-refractivity contribution < 1.29 is 4.79 Å². The Labute approximate surface area is 182 Å². The number of benzene rings is 2. The van der Waals surface area contributed by atoms with Crippen LogP contribution in [0.3, 0.4) is 0 Å². The van der Waals surface area contributed by atoms with E-state index in [0.29, 0.717) is 17.3 Å². The maximum absolute atomic E-state index is 12.8. The molecule has 6 heteroatoms. The zero-order valence-electron chi connectivity index (χ0n) is 18.0. The SMILES string of the molecule is CCCCCC(/C=N/NC(=O)c1nn(CC)c(=O)c2ccccc12)=C\c1ccccc1. The van der Waals surface area contributed by atoms with Gasteiger partial charge >= 0.3 is 0 Å². The van der Waals surface area contributed by atoms with Gasteiger partial charge in [0.1, 0.15) is 0 Å². The monoisotopic (exact) mass is 416 g/mol. The van der Waals surface area contributed by atoms with Crippen LogP contribution < -0.4 is 11.0 Å². The number of unbranched alkanes of at least 4 members (excludes halogenated alkanes) is 2. The van der Waals surface area contributed by atoms with Gasteiger partial charge in [-0.25, -0.2) is 10.1 Å². The predicted molar refractivity (Wildman–Crippen MR) is 126 cm³/mol. The highest BCUT2D eigenvalue weighted by Gasteiger charge is 2.15. The molecular formula is C25H28N4O2. The zero-order chi connectivity index (χ0) is 22.1. The van der Waals surface area contributed by atoms with Crippen LogP contribution in [-0.2, 0) is 6.54 Å². The van der Waals surface area contributed by atoms with Crippen molar-refractivity contribution in [2.75, 3.05) is 0 Å². The third-order valence-corrected chi connectivity index (χ3v) is 5.00. The van der Waals surface area contributed by atoms with Crippen molar-refractivity contribution in [3.63, 3.8) is 0 Å². The number of carbonyl (C=O) groups is 1. The fraction of sp³-hybridized carbons (Fsp3) is 0.280. The second-order valence-corrected chi connectivity index (χ2v) is 7.30. The molecule has 0 aliphatic rings. The van der Waals surface area contributed by atoms with E-state index in [-0.39, 0.29) is 11.3 Å². The Morgan fingerprint density at radius 3 is 2.45 bits per heavy atom. The fourth-order valence-electron chi connectivity index (χ4n) is 3.36. The normalized spacial score (nSPS) is 11.9. The minimum atomic E-state index is -0.442. The van der Waals surface area contributed by atoms with Gasteiger partial charge in [0.05, 0.1) is 11.6 Å². The number of fused-ring (bicyclic) bond motifs is 1. The van der Waals surface area contributed by atoms with Crippen LogP contribution in [0.1, 0.15) is 55.6 Å². The van der Waals surface area contributed by atoms with E-state index in [9.17, 15) is 9.59 Å². The predicted octanol–water partition coefficient (Wildman–Crippen LogP) is 4.80. The first-order valence-corrected chi connectivity index (χ1v) is 10.7. The fourth-order valence-corrected chi connectivity index (χ4v) is 3.36. The molecule has 0 aliphatic carbocycles. The summed E-state index contributed by atoms with van der Waals surface area (Å²) in [6.07, 6.45) is 7.99. The summed E-state index contributed by atoms with van der Waals surface area (Å²) in [5, 5.41) is 9.43. The average Bonchev–Trinajstić information content (AvgIpc) is 2.80. The molecule has 0 spiro atoms. The Balaban J connectivity index is 1.83. The molecule has 1 N–H and O–H groups in total. The lowest BCUT2D eigenvalue weighted by atomic mass is 10.1. The number of hydrogen-bond donors (Lipinski definition) is 1. The topological polar surface area (TPSA) is 76.3 Å². The van der Waals surface area contributed by atoms with Gasteiger partial charge in [-0.2, -0.15) is 10.2 Å². The number of carbonyl (C=O) groups excluding carboxylic acids is 1. The van der Waals surface area contributed by atoms with Crippen LogP contribution >= 0.6 is 0 Å². The van der Waals surface area contributed by atoms with E-state index in [0.717, 1.165) is 36.8 Å². The molecule has 1 amide bonds. The Morgan fingerprint density at radius 2 is 1.74 bits per heavy atom. The van der Waals surface area contributed by atoms with Crippen LogP contribution in [0.4, 0.5) is 0 Å². The zero-order valence-corrected chi connectivity index (χ0v) is 18.0. The lowest BCUT2D eigenvalue weighted by Crippen LogP contribution is -2.28. The van der Waals surface area contributed by atoms with Crippen molar-refractivity contribution in [2.45, 2.75) is 46.1 Å². The van der Waals surface area contributed by atoms with Gasteiger partial charge in [-0.05, 0) is 37.0 Å². The van der Waals surface area contributed by atoms with E-state index < -0.39 is 5.91 Å². The number of nitrogens with one attached hydrogen (secondary N) is 1. The maximum atomic E-state index is 12.8. The molecule has 0 bridgehead atoms. The largest absolute Gasteiger partial charge is 0.292 e. The number of aromatic nitrogens is 2. The number of allylic oxidation sites excluding steroid dienone is 1. The number of nitrogens with zero attached hydrogens (tertiary/aromatic N) is 3. The summed E-state index contributed by atoms with van der Waals surface area (Å²) in [6.45, 7) is 4.37. The molecule has 0 aliphatic heterocycles. The summed E-state index contributed by atoms with van der Waals surface area (Å²) < 4.78 is 1.30. The number of hydrazone groups is 1. The van der Waals surface area contributed by atoms with Crippen LogP contribution in [0.15, 0.2) is 70.1 Å². The summed E-state index contributed by atoms with van der Waals surface area (Å²) in [5.41, 5.74) is 4.69. The third-order valence-electron chi connectivity index (χ3n) is 5.00. The Hall–Kier alpha value is -3.54. The van der Waals surface area contributed by atoms with E-state index in [2.05, 4.69) is 28.6 Å². The quantitative estimate of drug-likeness (QED) is 0.309. The molecule has 6 nitrogen and oxygen atoms in total. The molecule has 160 valence electrons.